The SMILES string of the molecule is CCCCCCCCCCN=C(N)NC(N)=NCc1ccccc1.Cl.Cl. The number of rotatable bonds is 11. The summed E-state index contributed by atoms with van der Waals surface area (Å²) < 4.78 is 0. The highest BCUT2D eigenvalue weighted by Gasteiger charge is 1.96. The number of benzene rings is 1. The van der Waals surface area contributed by atoms with Gasteiger partial charge in [0.25, 0.3) is 0 Å². The first-order valence-electron chi connectivity index (χ1n) is 9.13. The second kappa shape index (κ2) is 18.3. The lowest BCUT2D eigenvalue weighted by Crippen LogP contribution is -2.41. The highest BCUT2D eigenvalue weighted by atomic mass is 35.5. The van der Waals surface area contributed by atoms with Crippen LogP contribution in [0.1, 0.15) is 63.9 Å². The van der Waals surface area contributed by atoms with Crippen LogP contribution in [0, 0.1) is 0 Å². The van der Waals surface area contributed by atoms with Gasteiger partial charge >= 0.3 is 0 Å². The summed E-state index contributed by atoms with van der Waals surface area (Å²) in [5.41, 5.74) is 12.7. The number of hydrogen-bond acceptors (Lipinski definition) is 2. The number of nitrogens with one attached hydrogen (secondary N) is 1. The van der Waals surface area contributed by atoms with Crippen LogP contribution < -0.4 is 16.8 Å². The molecule has 0 saturated heterocycles. The lowest BCUT2D eigenvalue weighted by Gasteiger charge is -2.05. The maximum Gasteiger partial charge on any atom is 0.195 e. The molecule has 0 aliphatic rings. The van der Waals surface area contributed by atoms with E-state index in [0.717, 1.165) is 18.5 Å². The predicted octanol–water partition coefficient (Wildman–Crippen LogP) is 4.39. The Morgan fingerprint density at radius 1 is 0.808 bits per heavy atom. The Labute approximate surface area is 171 Å². The molecule has 1 aromatic carbocycles. The van der Waals surface area contributed by atoms with Crippen molar-refractivity contribution in [3.05, 3.63) is 35.9 Å². The fourth-order valence-electron chi connectivity index (χ4n) is 2.42. The minimum Gasteiger partial charge on any atom is -0.370 e. The minimum absolute atomic E-state index is 0. The van der Waals surface area contributed by atoms with E-state index in [9.17, 15) is 0 Å². The van der Waals surface area contributed by atoms with Crippen molar-refractivity contribution >= 4 is 36.7 Å². The van der Waals surface area contributed by atoms with Gasteiger partial charge in [-0.2, -0.15) is 0 Å². The highest BCUT2D eigenvalue weighted by Crippen LogP contribution is 2.08. The van der Waals surface area contributed by atoms with Gasteiger partial charge in [-0.25, -0.2) is 4.99 Å². The average Bonchev–Trinajstić information content (AvgIpc) is 2.59. The summed E-state index contributed by atoms with van der Waals surface area (Å²) in [6.45, 7) is 3.51. The molecular formula is C19H35Cl2N5. The number of nitrogens with zero attached hydrogens (tertiary/aromatic N) is 2. The zero-order chi connectivity index (χ0) is 17.5. The summed E-state index contributed by atoms with van der Waals surface area (Å²) in [5, 5.41) is 2.83. The van der Waals surface area contributed by atoms with Gasteiger partial charge in [0.2, 0.25) is 0 Å². The quantitative estimate of drug-likeness (QED) is 0.290. The van der Waals surface area contributed by atoms with Crippen molar-refractivity contribution in [2.45, 2.75) is 64.8 Å². The second-order valence-corrected chi connectivity index (χ2v) is 6.05. The van der Waals surface area contributed by atoms with E-state index in [1.165, 1.54) is 44.9 Å². The fourth-order valence-corrected chi connectivity index (χ4v) is 2.42. The third-order valence-electron chi connectivity index (χ3n) is 3.82. The Hall–Kier alpha value is -1.46. The summed E-state index contributed by atoms with van der Waals surface area (Å²) in [5.74, 6) is 0.642. The van der Waals surface area contributed by atoms with Crippen molar-refractivity contribution in [2.75, 3.05) is 6.54 Å². The molecule has 0 unspecified atom stereocenters. The van der Waals surface area contributed by atoms with Gasteiger partial charge in [-0.05, 0) is 12.0 Å². The Bertz CT molecular complexity index is 492. The molecule has 1 aromatic rings. The van der Waals surface area contributed by atoms with Gasteiger partial charge in [0.1, 0.15) is 0 Å². The predicted molar refractivity (Wildman–Crippen MR) is 118 cm³/mol. The van der Waals surface area contributed by atoms with Gasteiger partial charge in [-0.3, -0.25) is 10.3 Å². The van der Waals surface area contributed by atoms with Gasteiger partial charge < -0.3 is 11.5 Å². The molecule has 0 spiro atoms. The number of guanidine groups is 2. The number of hydrogen-bond donors (Lipinski definition) is 3. The molecule has 5 nitrogen and oxygen atoms in total. The number of nitrogens with two attached hydrogens (primary N) is 2. The molecule has 0 aromatic heterocycles. The lowest BCUT2D eigenvalue weighted by molar-refractivity contribution is 0.578. The monoisotopic (exact) mass is 403 g/mol. The Morgan fingerprint density at radius 2 is 1.35 bits per heavy atom. The molecule has 0 aliphatic heterocycles. The standard InChI is InChI=1S/C19H33N5.2ClH/c1-2-3-4-5-6-7-8-12-15-22-18(20)24-19(21)23-16-17-13-10-9-11-14-17;;/h9-11,13-14H,2-8,12,15-16H2,1H3,(H5,20,21,22,23,24);2*1H. The molecule has 0 radical (unpaired) electrons. The maximum atomic E-state index is 5.82. The first kappa shape index (κ1) is 26.8. The van der Waals surface area contributed by atoms with E-state index in [0.29, 0.717) is 18.5 Å². The molecule has 0 bridgehead atoms. The fraction of sp³-hybridized carbons (Fsp3) is 0.579. The van der Waals surface area contributed by atoms with Gasteiger partial charge in [0.05, 0.1) is 6.54 Å². The summed E-state index contributed by atoms with van der Waals surface area (Å²) in [7, 11) is 0. The molecule has 150 valence electrons. The van der Waals surface area contributed by atoms with Crippen LogP contribution in [0.4, 0.5) is 0 Å². The molecule has 0 saturated carbocycles. The second-order valence-electron chi connectivity index (χ2n) is 6.05. The first-order valence-corrected chi connectivity index (χ1v) is 9.13. The van der Waals surface area contributed by atoms with Crippen LogP contribution in [0.3, 0.4) is 0 Å². The van der Waals surface area contributed by atoms with Gasteiger partial charge in [0.15, 0.2) is 11.9 Å². The summed E-state index contributed by atoms with van der Waals surface area (Å²) in [6, 6.07) is 9.96. The van der Waals surface area contributed by atoms with Gasteiger partial charge in [0, 0.05) is 6.54 Å². The van der Waals surface area contributed by atoms with E-state index < -0.39 is 0 Å². The van der Waals surface area contributed by atoms with E-state index in [1.54, 1.807) is 0 Å². The van der Waals surface area contributed by atoms with Crippen LogP contribution >= 0.6 is 24.8 Å². The third kappa shape index (κ3) is 14.8. The zero-order valence-corrected chi connectivity index (χ0v) is 17.5. The Morgan fingerprint density at radius 3 is 1.96 bits per heavy atom. The van der Waals surface area contributed by atoms with Gasteiger partial charge in [-0.1, -0.05) is 82.2 Å². The van der Waals surface area contributed by atoms with E-state index in [4.69, 9.17) is 11.5 Å². The average molecular weight is 404 g/mol. The van der Waals surface area contributed by atoms with E-state index in [-0.39, 0.29) is 24.8 Å². The molecule has 7 heteroatoms. The molecule has 26 heavy (non-hydrogen) atoms. The van der Waals surface area contributed by atoms with Crippen LogP contribution in [-0.4, -0.2) is 18.5 Å². The van der Waals surface area contributed by atoms with Crippen molar-refractivity contribution < 1.29 is 0 Å². The van der Waals surface area contributed by atoms with Crippen molar-refractivity contribution in [3.63, 3.8) is 0 Å². The number of unbranched alkanes of at least 4 members (excludes halogenated alkanes) is 7. The van der Waals surface area contributed by atoms with E-state index >= 15 is 0 Å². The summed E-state index contributed by atoms with van der Waals surface area (Å²) >= 11 is 0. The molecule has 0 aliphatic carbocycles. The van der Waals surface area contributed by atoms with Crippen LogP contribution in [0.15, 0.2) is 40.3 Å². The largest absolute Gasteiger partial charge is 0.370 e. The Balaban J connectivity index is 0. The zero-order valence-electron chi connectivity index (χ0n) is 15.8. The normalized spacial score (nSPS) is 11.4. The number of aliphatic imine (C=N–C) groups is 2. The van der Waals surface area contributed by atoms with Crippen LogP contribution in [0.2, 0.25) is 0 Å². The summed E-state index contributed by atoms with van der Waals surface area (Å²) in [4.78, 5) is 8.54. The molecular weight excluding hydrogens is 369 g/mol. The molecule has 0 fully saturated rings. The van der Waals surface area contributed by atoms with Crippen LogP contribution in [0.5, 0.6) is 0 Å². The molecule has 0 heterocycles. The molecule has 0 amide bonds. The minimum atomic E-state index is 0. The summed E-state index contributed by atoms with van der Waals surface area (Å²) in [6.07, 6.45) is 10.3. The van der Waals surface area contributed by atoms with Gasteiger partial charge in [-0.15, -0.1) is 24.8 Å². The third-order valence-corrected chi connectivity index (χ3v) is 3.82. The van der Waals surface area contributed by atoms with E-state index in [1.807, 2.05) is 30.3 Å². The molecule has 1 rings (SSSR count). The first-order chi connectivity index (χ1) is 11.7. The Kier molecular flexibility index (Phi) is 18.9. The van der Waals surface area contributed by atoms with Crippen LogP contribution in [-0.2, 0) is 6.54 Å². The van der Waals surface area contributed by atoms with Crippen LogP contribution in [0.25, 0.3) is 0 Å². The molecule has 0 atom stereocenters. The maximum absolute atomic E-state index is 5.82. The molecule has 5 N–H and O–H groups in total. The smallest absolute Gasteiger partial charge is 0.195 e. The van der Waals surface area contributed by atoms with Crippen molar-refractivity contribution in [1.29, 1.82) is 0 Å². The number of halogens is 2. The van der Waals surface area contributed by atoms with E-state index in [2.05, 4.69) is 22.2 Å². The lowest BCUT2D eigenvalue weighted by atomic mass is 10.1. The highest BCUT2D eigenvalue weighted by molar-refractivity contribution is 5.97. The van der Waals surface area contributed by atoms with Crippen molar-refractivity contribution in [3.8, 4) is 0 Å². The van der Waals surface area contributed by atoms with Crippen molar-refractivity contribution in [1.82, 2.24) is 5.32 Å². The van der Waals surface area contributed by atoms with Crippen molar-refractivity contribution in [2.24, 2.45) is 21.5 Å². The topological polar surface area (TPSA) is 88.8 Å².